The van der Waals surface area contributed by atoms with Gasteiger partial charge in [-0.05, 0) is 87.8 Å². The number of fused-ring (bicyclic) bond motifs is 3. The van der Waals surface area contributed by atoms with Crippen LogP contribution in [-0.2, 0) is 11.2 Å². The molecule has 1 saturated heterocycles. The Labute approximate surface area is 160 Å². The normalized spacial score (nSPS) is 32.7. The zero-order chi connectivity index (χ0) is 18.6. The molecule has 3 nitrogen and oxygen atoms in total. The summed E-state index contributed by atoms with van der Waals surface area (Å²) in [6, 6.07) is 6.58. The van der Waals surface area contributed by atoms with Crippen molar-refractivity contribution in [3.8, 4) is 5.69 Å². The number of hydrogen-bond donors (Lipinski definition) is 0. The lowest BCUT2D eigenvalue weighted by Crippen LogP contribution is -2.56. The molecule has 2 heterocycles. The molecule has 0 radical (unpaired) electrons. The first-order chi connectivity index (χ1) is 13.0. The van der Waals surface area contributed by atoms with Gasteiger partial charge in [-0.25, -0.2) is 9.07 Å². The van der Waals surface area contributed by atoms with E-state index in [0.29, 0.717) is 6.10 Å². The van der Waals surface area contributed by atoms with Gasteiger partial charge in [0.2, 0.25) is 0 Å². The maximum Gasteiger partial charge on any atom is 0.123 e. The number of halogens is 1. The van der Waals surface area contributed by atoms with Crippen molar-refractivity contribution in [2.24, 2.45) is 5.41 Å². The van der Waals surface area contributed by atoms with Gasteiger partial charge in [0.05, 0.1) is 29.3 Å². The molecule has 1 aromatic heterocycles. The summed E-state index contributed by atoms with van der Waals surface area (Å²) in [7, 11) is 0. The first-order valence-electron chi connectivity index (χ1n) is 10.2. The molecule has 0 amide bonds. The molecule has 5 rings (SSSR count). The Balaban J connectivity index is 1.58. The molecule has 2 aromatic rings. The van der Waals surface area contributed by atoms with Crippen molar-refractivity contribution >= 4 is 6.08 Å². The van der Waals surface area contributed by atoms with Gasteiger partial charge in [0.15, 0.2) is 0 Å². The summed E-state index contributed by atoms with van der Waals surface area (Å²) in [6.45, 7) is 4.64. The van der Waals surface area contributed by atoms with Crippen molar-refractivity contribution in [2.75, 3.05) is 0 Å². The molecular weight excluding hydrogens is 339 g/mol. The number of hydrogen-bond acceptors (Lipinski definition) is 2. The van der Waals surface area contributed by atoms with Crippen LogP contribution in [0, 0.1) is 11.2 Å². The average Bonchev–Trinajstić information content (AvgIpc) is 3.04. The van der Waals surface area contributed by atoms with Crippen LogP contribution in [0.4, 0.5) is 4.39 Å². The molecule has 2 aliphatic carbocycles. The SMILES string of the molecule is C[C@H]1CCC[C@@]2(CCCC3=Cc4c(cnn4-c4ccc(F)cc4)C[C@@]32C)O1. The lowest BCUT2D eigenvalue weighted by molar-refractivity contribution is -0.187. The summed E-state index contributed by atoms with van der Waals surface area (Å²) >= 11 is 0. The maximum atomic E-state index is 13.3. The summed E-state index contributed by atoms with van der Waals surface area (Å²) < 4.78 is 22.0. The van der Waals surface area contributed by atoms with E-state index in [4.69, 9.17) is 4.74 Å². The monoisotopic (exact) mass is 366 g/mol. The van der Waals surface area contributed by atoms with Crippen molar-refractivity contribution < 1.29 is 9.13 Å². The van der Waals surface area contributed by atoms with Gasteiger partial charge in [-0.1, -0.05) is 12.5 Å². The van der Waals surface area contributed by atoms with E-state index in [0.717, 1.165) is 37.1 Å². The van der Waals surface area contributed by atoms with E-state index in [1.54, 1.807) is 12.1 Å². The first-order valence-corrected chi connectivity index (χ1v) is 10.2. The molecule has 3 atom stereocenters. The molecule has 1 spiro atoms. The van der Waals surface area contributed by atoms with Crippen molar-refractivity contribution in [2.45, 2.75) is 70.5 Å². The fourth-order valence-electron chi connectivity index (χ4n) is 5.70. The summed E-state index contributed by atoms with van der Waals surface area (Å²) in [5, 5.41) is 4.64. The molecular formula is C23H27FN2O. The quantitative estimate of drug-likeness (QED) is 0.669. The molecule has 1 aromatic carbocycles. The van der Waals surface area contributed by atoms with Crippen LogP contribution in [0.5, 0.6) is 0 Å². The fourth-order valence-corrected chi connectivity index (χ4v) is 5.70. The van der Waals surface area contributed by atoms with Gasteiger partial charge in [-0.2, -0.15) is 5.10 Å². The van der Waals surface area contributed by atoms with Crippen molar-refractivity contribution in [1.29, 1.82) is 0 Å². The molecule has 27 heavy (non-hydrogen) atoms. The Bertz CT molecular complexity index is 896. The Morgan fingerprint density at radius 1 is 1.19 bits per heavy atom. The van der Waals surface area contributed by atoms with Crippen LogP contribution in [0.3, 0.4) is 0 Å². The number of aromatic nitrogens is 2. The standard InChI is InChI=1S/C23H27FN2O/c1-16-5-3-11-23(27-16)12-4-6-18-13-21-17(14-22(18,23)2)15-25-26(21)20-9-7-19(24)8-10-20/h7-10,13,15-16H,3-6,11-12,14H2,1-2H3/t16-,22-,23-/m0/s1. The Hall–Kier alpha value is -1.94. The van der Waals surface area contributed by atoms with E-state index in [1.807, 2.05) is 10.9 Å². The lowest BCUT2D eigenvalue weighted by atomic mass is 9.55. The van der Waals surface area contributed by atoms with Crippen molar-refractivity contribution in [3.05, 3.63) is 53.1 Å². The largest absolute Gasteiger partial charge is 0.371 e. The van der Waals surface area contributed by atoms with Gasteiger partial charge >= 0.3 is 0 Å². The average molecular weight is 366 g/mol. The van der Waals surface area contributed by atoms with Crippen molar-refractivity contribution in [3.63, 3.8) is 0 Å². The minimum Gasteiger partial charge on any atom is -0.371 e. The van der Waals surface area contributed by atoms with E-state index in [9.17, 15) is 4.39 Å². The van der Waals surface area contributed by atoms with Crippen LogP contribution in [0.1, 0.15) is 63.6 Å². The number of ether oxygens (including phenoxy) is 1. The molecule has 1 aliphatic heterocycles. The van der Waals surface area contributed by atoms with Crippen LogP contribution >= 0.6 is 0 Å². The second-order valence-corrected chi connectivity index (χ2v) is 8.79. The van der Waals surface area contributed by atoms with Gasteiger partial charge < -0.3 is 4.74 Å². The summed E-state index contributed by atoms with van der Waals surface area (Å²) in [6.07, 6.45) is 12.7. The number of nitrogens with zero attached hydrogens (tertiary/aromatic N) is 2. The highest BCUT2D eigenvalue weighted by atomic mass is 19.1. The summed E-state index contributed by atoms with van der Waals surface area (Å²) in [5.74, 6) is -0.219. The minimum atomic E-state index is -0.219. The predicted molar refractivity (Wildman–Crippen MR) is 104 cm³/mol. The van der Waals surface area contributed by atoms with Crippen LogP contribution in [-0.4, -0.2) is 21.5 Å². The Morgan fingerprint density at radius 2 is 1.96 bits per heavy atom. The topological polar surface area (TPSA) is 27.1 Å². The molecule has 4 heteroatoms. The second kappa shape index (κ2) is 6.03. The minimum absolute atomic E-state index is 0.0373. The fraction of sp³-hybridized carbons (Fsp3) is 0.522. The zero-order valence-corrected chi connectivity index (χ0v) is 16.2. The predicted octanol–water partition coefficient (Wildman–Crippen LogP) is 5.47. The Kier molecular flexibility index (Phi) is 3.84. The van der Waals surface area contributed by atoms with Gasteiger partial charge in [0.25, 0.3) is 0 Å². The van der Waals surface area contributed by atoms with Crippen LogP contribution in [0.25, 0.3) is 11.8 Å². The highest BCUT2D eigenvalue weighted by molar-refractivity contribution is 5.62. The molecule has 0 N–H and O–H groups in total. The first kappa shape index (κ1) is 17.2. The molecule has 0 bridgehead atoms. The summed E-state index contributed by atoms with van der Waals surface area (Å²) in [5.41, 5.74) is 4.84. The van der Waals surface area contributed by atoms with E-state index in [2.05, 4.69) is 25.0 Å². The third kappa shape index (κ3) is 2.53. The molecule has 3 aliphatic rings. The van der Waals surface area contributed by atoms with Gasteiger partial charge in [0.1, 0.15) is 5.82 Å². The van der Waals surface area contributed by atoms with Crippen LogP contribution in [0.2, 0.25) is 0 Å². The maximum absolute atomic E-state index is 13.3. The number of benzene rings is 1. The smallest absolute Gasteiger partial charge is 0.123 e. The van der Waals surface area contributed by atoms with Gasteiger partial charge in [0, 0.05) is 5.41 Å². The van der Waals surface area contributed by atoms with E-state index in [1.165, 1.54) is 42.5 Å². The molecule has 0 unspecified atom stereocenters. The highest BCUT2D eigenvalue weighted by Crippen LogP contribution is 2.58. The zero-order valence-electron chi connectivity index (χ0n) is 16.2. The van der Waals surface area contributed by atoms with E-state index < -0.39 is 0 Å². The summed E-state index contributed by atoms with van der Waals surface area (Å²) in [4.78, 5) is 0. The van der Waals surface area contributed by atoms with E-state index in [-0.39, 0.29) is 16.8 Å². The molecule has 1 saturated carbocycles. The Morgan fingerprint density at radius 3 is 2.74 bits per heavy atom. The molecule has 142 valence electrons. The highest BCUT2D eigenvalue weighted by Gasteiger charge is 2.55. The van der Waals surface area contributed by atoms with Crippen LogP contribution < -0.4 is 0 Å². The third-order valence-electron chi connectivity index (χ3n) is 7.17. The van der Waals surface area contributed by atoms with Crippen LogP contribution in [0.15, 0.2) is 36.0 Å². The third-order valence-corrected chi connectivity index (χ3v) is 7.17. The number of rotatable bonds is 1. The van der Waals surface area contributed by atoms with Gasteiger partial charge in [-0.15, -0.1) is 0 Å². The molecule has 2 fully saturated rings. The van der Waals surface area contributed by atoms with E-state index >= 15 is 0 Å². The lowest BCUT2D eigenvalue weighted by Gasteiger charge is -2.57. The van der Waals surface area contributed by atoms with Gasteiger partial charge in [-0.3, -0.25) is 0 Å². The van der Waals surface area contributed by atoms with Crippen molar-refractivity contribution in [1.82, 2.24) is 9.78 Å². The second-order valence-electron chi connectivity index (χ2n) is 8.79.